The molecule has 114 valence electrons. The van der Waals surface area contributed by atoms with E-state index < -0.39 is 0 Å². The number of rotatable bonds is 5. The lowest BCUT2D eigenvalue weighted by Crippen LogP contribution is -2.12. The molecule has 1 heterocycles. The summed E-state index contributed by atoms with van der Waals surface area (Å²) in [5.41, 5.74) is 3.14. The zero-order valence-corrected chi connectivity index (χ0v) is 13.3. The molecule has 0 fully saturated rings. The number of imidazole rings is 1. The van der Waals surface area contributed by atoms with Crippen molar-refractivity contribution < 1.29 is 5.11 Å². The van der Waals surface area contributed by atoms with Gasteiger partial charge >= 0.3 is 0 Å². The van der Waals surface area contributed by atoms with Crippen LogP contribution in [0.15, 0.2) is 48.5 Å². The van der Waals surface area contributed by atoms with E-state index in [1.165, 1.54) is 5.56 Å². The van der Waals surface area contributed by atoms with Crippen LogP contribution in [0, 0.1) is 0 Å². The van der Waals surface area contributed by atoms with Crippen molar-refractivity contribution in [2.45, 2.75) is 25.8 Å². The van der Waals surface area contributed by atoms with Crippen LogP contribution in [0.25, 0.3) is 11.0 Å². The summed E-state index contributed by atoms with van der Waals surface area (Å²) in [5.74, 6) is 1.19. The van der Waals surface area contributed by atoms with Gasteiger partial charge in [0.05, 0.1) is 17.6 Å². The summed E-state index contributed by atoms with van der Waals surface area (Å²) in [4.78, 5) is 4.81. The molecule has 1 unspecified atom stereocenters. The van der Waals surface area contributed by atoms with E-state index in [0.717, 1.165) is 23.3 Å². The predicted octanol–water partition coefficient (Wildman–Crippen LogP) is 4.22. The van der Waals surface area contributed by atoms with Crippen molar-refractivity contribution in [3.05, 3.63) is 64.9 Å². The number of halogens is 1. The maximum Gasteiger partial charge on any atom is 0.117 e. The Morgan fingerprint density at radius 1 is 1.18 bits per heavy atom. The molecule has 4 heteroatoms. The molecule has 1 N–H and O–H groups in total. The van der Waals surface area contributed by atoms with E-state index in [1.54, 1.807) is 0 Å². The minimum atomic E-state index is 0.0796. The van der Waals surface area contributed by atoms with Crippen molar-refractivity contribution in [1.29, 1.82) is 0 Å². The van der Waals surface area contributed by atoms with Crippen molar-refractivity contribution in [3.8, 4) is 0 Å². The summed E-state index contributed by atoms with van der Waals surface area (Å²) in [5, 5.41) is 10.1. The third kappa shape index (κ3) is 2.74. The molecule has 22 heavy (non-hydrogen) atoms. The Bertz CT molecular complexity index is 767. The van der Waals surface area contributed by atoms with E-state index in [2.05, 4.69) is 23.6 Å². The number of benzene rings is 2. The van der Waals surface area contributed by atoms with Crippen LogP contribution >= 0.6 is 11.6 Å². The summed E-state index contributed by atoms with van der Waals surface area (Å²) >= 11 is 6.13. The first-order valence-electron chi connectivity index (χ1n) is 7.56. The van der Waals surface area contributed by atoms with Gasteiger partial charge in [-0.15, -0.1) is 0 Å². The summed E-state index contributed by atoms with van der Waals surface area (Å²) in [6, 6.07) is 16.1. The molecule has 3 rings (SSSR count). The third-order valence-corrected chi connectivity index (χ3v) is 4.22. The van der Waals surface area contributed by atoms with Gasteiger partial charge in [0.15, 0.2) is 0 Å². The Labute approximate surface area is 135 Å². The van der Waals surface area contributed by atoms with Gasteiger partial charge in [-0.05, 0) is 30.2 Å². The predicted molar refractivity (Wildman–Crippen MR) is 90.4 cm³/mol. The van der Waals surface area contributed by atoms with Crippen LogP contribution in [-0.4, -0.2) is 21.3 Å². The fraction of sp³-hybridized carbons (Fsp3) is 0.278. The molecule has 0 bridgehead atoms. The van der Waals surface area contributed by atoms with E-state index in [-0.39, 0.29) is 12.5 Å². The molecule has 0 aliphatic carbocycles. The van der Waals surface area contributed by atoms with E-state index in [1.807, 2.05) is 36.4 Å². The number of hydrogen-bond donors (Lipinski definition) is 1. The normalized spacial score (nSPS) is 12.7. The SMILES string of the molecule is CCC(c1ccccc1)c1nc2ccc(Cl)cc2n1CCO. The molecule has 0 saturated heterocycles. The second-order valence-electron chi connectivity index (χ2n) is 5.35. The van der Waals surface area contributed by atoms with Crippen LogP contribution in [0.5, 0.6) is 0 Å². The topological polar surface area (TPSA) is 38.0 Å². The van der Waals surface area contributed by atoms with Crippen LogP contribution in [0.4, 0.5) is 0 Å². The van der Waals surface area contributed by atoms with Gasteiger partial charge in [0.1, 0.15) is 5.82 Å². The van der Waals surface area contributed by atoms with Crippen molar-refractivity contribution in [3.63, 3.8) is 0 Å². The van der Waals surface area contributed by atoms with Gasteiger partial charge in [0.2, 0.25) is 0 Å². The molecule has 3 nitrogen and oxygen atoms in total. The molecule has 0 spiro atoms. The van der Waals surface area contributed by atoms with Gasteiger partial charge in [-0.1, -0.05) is 48.9 Å². The second kappa shape index (κ2) is 6.51. The summed E-state index contributed by atoms with van der Waals surface area (Å²) in [7, 11) is 0. The smallest absolute Gasteiger partial charge is 0.117 e. The first-order valence-corrected chi connectivity index (χ1v) is 7.94. The lowest BCUT2D eigenvalue weighted by Gasteiger charge is -2.17. The molecule has 0 amide bonds. The van der Waals surface area contributed by atoms with Crippen molar-refractivity contribution in [1.82, 2.24) is 9.55 Å². The van der Waals surface area contributed by atoms with Crippen molar-refractivity contribution in [2.75, 3.05) is 6.61 Å². The Morgan fingerprint density at radius 2 is 1.95 bits per heavy atom. The Kier molecular flexibility index (Phi) is 4.46. The second-order valence-corrected chi connectivity index (χ2v) is 5.79. The number of nitrogens with zero attached hydrogens (tertiary/aromatic N) is 2. The van der Waals surface area contributed by atoms with E-state index in [9.17, 15) is 5.11 Å². The number of aromatic nitrogens is 2. The zero-order chi connectivity index (χ0) is 15.5. The Morgan fingerprint density at radius 3 is 2.64 bits per heavy atom. The third-order valence-electron chi connectivity index (χ3n) is 3.99. The minimum absolute atomic E-state index is 0.0796. The summed E-state index contributed by atoms with van der Waals surface area (Å²) in [6.45, 7) is 2.76. The molecule has 0 radical (unpaired) electrons. The maximum atomic E-state index is 9.43. The van der Waals surface area contributed by atoms with Crippen molar-refractivity contribution >= 4 is 22.6 Å². The maximum absolute atomic E-state index is 9.43. The van der Waals surface area contributed by atoms with E-state index in [4.69, 9.17) is 16.6 Å². The highest BCUT2D eigenvalue weighted by molar-refractivity contribution is 6.31. The summed E-state index contributed by atoms with van der Waals surface area (Å²) in [6.07, 6.45) is 0.951. The average molecular weight is 315 g/mol. The minimum Gasteiger partial charge on any atom is -0.395 e. The number of aliphatic hydroxyl groups is 1. The highest BCUT2D eigenvalue weighted by atomic mass is 35.5. The fourth-order valence-corrected chi connectivity index (χ4v) is 3.13. The van der Waals surface area contributed by atoms with Gasteiger partial charge in [0, 0.05) is 17.5 Å². The molecule has 2 aromatic carbocycles. The van der Waals surface area contributed by atoms with Gasteiger partial charge in [0.25, 0.3) is 0 Å². The highest BCUT2D eigenvalue weighted by Gasteiger charge is 2.20. The van der Waals surface area contributed by atoms with Crippen LogP contribution in [0.2, 0.25) is 5.02 Å². The van der Waals surface area contributed by atoms with E-state index >= 15 is 0 Å². The monoisotopic (exact) mass is 314 g/mol. The number of hydrogen-bond acceptors (Lipinski definition) is 2. The number of fused-ring (bicyclic) bond motifs is 1. The zero-order valence-electron chi connectivity index (χ0n) is 12.5. The first kappa shape index (κ1) is 15.1. The van der Waals surface area contributed by atoms with Gasteiger partial charge in [-0.3, -0.25) is 0 Å². The molecular weight excluding hydrogens is 296 g/mol. The first-order chi connectivity index (χ1) is 10.7. The van der Waals surface area contributed by atoms with Gasteiger partial charge in [-0.25, -0.2) is 4.98 Å². The van der Waals surface area contributed by atoms with Crippen LogP contribution in [-0.2, 0) is 6.54 Å². The molecule has 3 aromatic rings. The molecule has 0 saturated carbocycles. The largest absolute Gasteiger partial charge is 0.395 e. The average Bonchev–Trinajstić information content (AvgIpc) is 2.88. The Balaban J connectivity index is 2.18. The Hall–Kier alpha value is -1.84. The fourth-order valence-electron chi connectivity index (χ4n) is 2.97. The summed E-state index contributed by atoms with van der Waals surface area (Å²) < 4.78 is 2.09. The molecule has 0 aliphatic rings. The molecule has 0 aliphatic heterocycles. The van der Waals surface area contributed by atoms with Crippen LogP contribution in [0.3, 0.4) is 0 Å². The van der Waals surface area contributed by atoms with Crippen LogP contribution in [0.1, 0.15) is 30.7 Å². The van der Waals surface area contributed by atoms with Gasteiger partial charge in [-0.2, -0.15) is 0 Å². The van der Waals surface area contributed by atoms with E-state index in [0.29, 0.717) is 11.6 Å². The molecular formula is C18H19ClN2O. The number of aliphatic hydroxyl groups excluding tert-OH is 1. The highest BCUT2D eigenvalue weighted by Crippen LogP contribution is 2.31. The lowest BCUT2D eigenvalue weighted by atomic mass is 9.95. The molecule has 1 aromatic heterocycles. The quantitative estimate of drug-likeness (QED) is 0.765. The standard InChI is InChI=1S/C18H19ClN2O/c1-2-15(13-6-4-3-5-7-13)18-20-16-9-8-14(19)12-17(16)21(18)10-11-22/h3-9,12,15,22H,2,10-11H2,1H3. The van der Waals surface area contributed by atoms with Crippen LogP contribution < -0.4 is 0 Å². The van der Waals surface area contributed by atoms with Gasteiger partial charge < -0.3 is 9.67 Å². The lowest BCUT2D eigenvalue weighted by molar-refractivity contribution is 0.275. The van der Waals surface area contributed by atoms with Crippen molar-refractivity contribution in [2.24, 2.45) is 0 Å². The molecule has 1 atom stereocenters.